The normalized spacial score (nSPS) is 18.0. The molecular formula is C16H22O2S. The first-order valence-corrected chi connectivity index (χ1v) is 7.98. The molecule has 0 spiro atoms. The molecular weight excluding hydrogens is 256 g/mol. The van der Waals surface area contributed by atoms with Crippen molar-refractivity contribution >= 4 is 17.5 Å². The molecule has 0 heterocycles. The van der Waals surface area contributed by atoms with Crippen molar-refractivity contribution in [2.24, 2.45) is 0 Å². The van der Waals surface area contributed by atoms with Crippen molar-refractivity contribution in [2.45, 2.75) is 49.5 Å². The molecule has 104 valence electrons. The van der Waals surface area contributed by atoms with E-state index < -0.39 is 0 Å². The van der Waals surface area contributed by atoms with Crippen LogP contribution in [0.1, 0.15) is 49.4 Å². The van der Waals surface area contributed by atoms with E-state index in [0.717, 1.165) is 11.3 Å². The Morgan fingerprint density at radius 3 is 2.42 bits per heavy atom. The number of hydrogen-bond donors (Lipinski definition) is 0. The second-order valence-corrected chi connectivity index (χ2v) is 6.78. The van der Waals surface area contributed by atoms with Crippen molar-refractivity contribution in [3.05, 3.63) is 29.8 Å². The molecule has 0 saturated heterocycles. The fourth-order valence-electron chi connectivity index (χ4n) is 2.54. The van der Waals surface area contributed by atoms with Gasteiger partial charge in [0.25, 0.3) is 0 Å². The lowest BCUT2D eigenvalue weighted by molar-refractivity contribution is 0.0993. The Bertz CT molecular complexity index is 407. The van der Waals surface area contributed by atoms with Crippen LogP contribution in [0.4, 0.5) is 0 Å². The molecule has 0 N–H and O–H groups in total. The fraction of sp³-hybridized carbons (Fsp3) is 0.562. The van der Waals surface area contributed by atoms with Crippen molar-refractivity contribution < 1.29 is 9.53 Å². The Hall–Kier alpha value is -0.960. The Morgan fingerprint density at radius 1 is 1.21 bits per heavy atom. The van der Waals surface area contributed by atoms with Crippen LogP contribution in [0.25, 0.3) is 0 Å². The van der Waals surface area contributed by atoms with Gasteiger partial charge in [0.2, 0.25) is 0 Å². The molecule has 2 nitrogen and oxygen atoms in total. The lowest BCUT2D eigenvalue weighted by atomic mass is 10.0. The largest absolute Gasteiger partial charge is 0.497 e. The average Bonchev–Trinajstić information content (AvgIpc) is 2.47. The van der Waals surface area contributed by atoms with Gasteiger partial charge in [0.15, 0.2) is 5.78 Å². The fourth-order valence-corrected chi connectivity index (χ4v) is 3.98. The van der Waals surface area contributed by atoms with E-state index in [4.69, 9.17) is 4.74 Å². The summed E-state index contributed by atoms with van der Waals surface area (Å²) in [5, 5.41) is 0.724. The molecule has 1 aliphatic carbocycles. The molecule has 1 unspecified atom stereocenters. The maximum absolute atomic E-state index is 12.4. The lowest BCUT2D eigenvalue weighted by Gasteiger charge is -2.23. The number of ketones is 1. The first kappa shape index (κ1) is 14.4. The van der Waals surface area contributed by atoms with Crippen molar-refractivity contribution in [2.75, 3.05) is 7.11 Å². The van der Waals surface area contributed by atoms with Crippen LogP contribution in [0.3, 0.4) is 0 Å². The van der Waals surface area contributed by atoms with Crippen LogP contribution in [-0.4, -0.2) is 23.4 Å². The first-order chi connectivity index (χ1) is 9.20. The number of ether oxygens (including phenoxy) is 1. The topological polar surface area (TPSA) is 26.3 Å². The summed E-state index contributed by atoms with van der Waals surface area (Å²) in [4.78, 5) is 12.4. The summed E-state index contributed by atoms with van der Waals surface area (Å²) in [6.07, 6.45) is 6.54. The highest BCUT2D eigenvalue weighted by molar-refractivity contribution is 8.01. The van der Waals surface area contributed by atoms with Crippen molar-refractivity contribution in [3.8, 4) is 5.75 Å². The highest BCUT2D eigenvalue weighted by Crippen LogP contribution is 2.32. The van der Waals surface area contributed by atoms with E-state index in [1.54, 1.807) is 7.11 Å². The summed E-state index contributed by atoms with van der Waals surface area (Å²) < 4.78 is 5.11. The van der Waals surface area contributed by atoms with E-state index >= 15 is 0 Å². The van der Waals surface area contributed by atoms with Gasteiger partial charge in [-0.15, -0.1) is 11.8 Å². The summed E-state index contributed by atoms with van der Waals surface area (Å²) in [6.45, 7) is 2.03. The number of methoxy groups -OCH3 is 1. The second kappa shape index (κ2) is 6.99. The second-order valence-electron chi connectivity index (χ2n) is 5.13. The molecule has 1 aromatic rings. The average molecular weight is 278 g/mol. The van der Waals surface area contributed by atoms with E-state index in [0.29, 0.717) is 5.25 Å². The van der Waals surface area contributed by atoms with Crippen molar-refractivity contribution in [1.29, 1.82) is 0 Å². The number of thioether (sulfide) groups is 1. The van der Waals surface area contributed by atoms with Gasteiger partial charge in [-0.1, -0.05) is 19.3 Å². The molecule has 3 heteroatoms. The number of rotatable bonds is 5. The summed E-state index contributed by atoms with van der Waals surface area (Å²) in [6, 6.07) is 7.43. The lowest BCUT2D eigenvalue weighted by Crippen LogP contribution is -2.19. The van der Waals surface area contributed by atoms with Gasteiger partial charge in [-0.05, 0) is 44.0 Å². The van der Waals surface area contributed by atoms with E-state index in [-0.39, 0.29) is 11.0 Å². The maximum atomic E-state index is 12.4. The summed E-state index contributed by atoms with van der Waals surface area (Å²) in [5.41, 5.74) is 0.789. The summed E-state index contributed by atoms with van der Waals surface area (Å²) in [5.74, 6) is 1.03. The third kappa shape index (κ3) is 4.00. The molecule has 0 aliphatic heterocycles. The molecule has 1 atom stereocenters. The SMILES string of the molecule is COc1ccc(C(=O)C(C)SC2CCCCC2)cc1. The quantitative estimate of drug-likeness (QED) is 0.750. The van der Waals surface area contributed by atoms with Gasteiger partial charge in [-0.3, -0.25) is 4.79 Å². The Morgan fingerprint density at radius 2 is 1.84 bits per heavy atom. The van der Waals surface area contributed by atoms with Gasteiger partial charge in [0.05, 0.1) is 12.4 Å². The van der Waals surface area contributed by atoms with Crippen LogP contribution in [0.5, 0.6) is 5.75 Å². The predicted octanol–water partition coefficient (Wildman–Crippen LogP) is 4.33. The van der Waals surface area contributed by atoms with Crippen molar-refractivity contribution in [3.63, 3.8) is 0 Å². The van der Waals surface area contributed by atoms with E-state index in [9.17, 15) is 4.79 Å². The molecule has 2 rings (SSSR count). The zero-order valence-electron chi connectivity index (χ0n) is 11.7. The van der Waals surface area contributed by atoms with Crippen LogP contribution >= 0.6 is 11.8 Å². The monoisotopic (exact) mass is 278 g/mol. The molecule has 19 heavy (non-hydrogen) atoms. The minimum atomic E-state index is 0.0523. The van der Waals surface area contributed by atoms with Gasteiger partial charge in [-0.2, -0.15) is 0 Å². The molecule has 0 aromatic heterocycles. The number of carbonyl (C=O) groups is 1. The summed E-state index contributed by atoms with van der Waals surface area (Å²) >= 11 is 1.85. The third-order valence-corrected chi connectivity index (χ3v) is 5.17. The van der Waals surface area contributed by atoms with Crippen LogP contribution in [-0.2, 0) is 0 Å². The third-order valence-electron chi connectivity index (χ3n) is 3.69. The van der Waals surface area contributed by atoms with E-state index in [1.807, 2.05) is 43.0 Å². The molecule has 0 bridgehead atoms. The first-order valence-electron chi connectivity index (χ1n) is 7.04. The standard InChI is InChI=1S/C16H22O2S/c1-12(19-15-6-4-3-5-7-15)16(17)13-8-10-14(18-2)11-9-13/h8-12,15H,3-7H2,1-2H3. The van der Waals surface area contributed by atoms with Gasteiger partial charge in [0, 0.05) is 10.8 Å². The molecule has 0 amide bonds. The van der Waals surface area contributed by atoms with Crippen LogP contribution < -0.4 is 4.74 Å². The van der Waals surface area contributed by atoms with Gasteiger partial charge in [-0.25, -0.2) is 0 Å². The van der Waals surface area contributed by atoms with Crippen molar-refractivity contribution in [1.82, 2.24) is 0 Å². The number of benzene rings is 1. The predicted molar refractivity (Wildman–Crippen MR) is 81.3 cm³/mol. The van der Waals surface area contributed by atoms with Crippen LogP contribution in [0.15, 0.2) is 24.3 Å². The van der Waals surface area contributed by atoms with Crippen LogP contribution in [0, 0.1) is 0 Å². The zero-order valence-corrected chi connectivity index (χ0v) is 12.5. The molecule has 0 radical (unpaired) electrons. The van der Waals surface area contributed by atoms with E-state index in [2.05, 4.69) is 0 Å². The van der Waals surface area contributed by atoms with Gasteiger partial charge >= 0.3 is 0 Å². The van der Waals surface area contributed by atoms with Gasteiger partial charge in [0.1, 0.15) is 5.75 Å². The minimum Gasteiger partial charge on any atom is -0.497 e. The highest BCUT2D eigenvalue weighted by atomic mass is 32.2. The van der Waals surface area contributed by atoms with Gasteiger partial charge < -0.3 is 4.74 Å². The molecule has 1 aliphatic rings. The smallest absolute Gasteiger partial charge is 0.175 e. The summed E-state index contributed by atoms with van der Waals surface area (Å²) in [7, 11) is 1.64. The Balaban J connectivity index is 1.93. The number of Topliss-reactive ketones (excluding diaryl/α,β-unsaturated/α-hetero) is 1. The van der Waals surface area contributed by atoms with Crippen LogP contribution in [0.2, 0.25) is 0 Å². The van der Waals surface area contributed by atoms with E-state index in [1.165, 1.54) is 32.1 Å². The molecule has 1 saturated carbocycles. The highest BCUT2D eigenvalue weighted by Gasteiger charge is 2.22. The molecule has 1 fully saturated rings. The number of carbonyl (C=O) groups excluding carboxylic acids is 1. The molecule has 1 aromatic carbocycles. The number of hydrogen-bond acceptors (Lipinski definition) is 3. The maximum Gasteiger partial charge on any atom is 0.175 e. The Kier molecular flexibility index (Phi) is 5.32. The zero-order chi connectivity index (χ0) is 13.7. The minimum absolute atomic E-state index is 0.0523. The Labute approximate surface area is 119 Å².